The predicted molar refractivity (Wildman–Crippen MR) is 127 cm³/mol. The zero-order valence-corrected chi connectivity index (χ0v) is 20.6. The fourth-order valence-electron chi connectivity index (χ4n) is 3.88. The number of carbonyl (C=O) groups is 1. The standard InChI is InChI=1S/C24H25ClN2O6S/c1-4-31-24(28)23-15(2)20(26-16(23)3)13-27(34(29,30)19-8-6-18(25)7-9-19)12-17-5-10-21-22(11-17)33-14-32-21/h5-11,26H,4,12-14H2,1-3H3. The number of benzene rings is 2. The molecule has 10 heteroatoms. The van der Waals surface area contributed by atoms with Gasteiger partial charge in [-0.1, -0.05) is 17.7 Å². The predicted octanol–water partition coefficient (Wildman–Crippen LogP) is 4.58. The molecule has 0 aliphatic carbocycles. The second kappa shape index (κ2) is 9.69. The van der Waals surface area contributed by atoms with Crippen molar-refractivity contribution in [3.8, 4) is 11.5 Å². The summed E-state index contributed by atoms with van der Waals surface area (Å²) < 4.78 is 44.6. The van der Waals surface area contributed by atoms with Crippen molar-refractivity contribution in [3.05, 3.63) is 75.6 Å². The van der Waals surface area contributed by atoms with Gasteiger partial charge in [-0.05, 0) is 68.3 Å². The minimum atomic E-state index is -3.91. The minimum Gasteiger partial charge on any atom is -0.462 e. The molecule has 4 rings (SSSR count). The van der Waals surface area contributed by atoms with Crippen molar-refractivity contribution in [2.24, 2.45) is 0 Å². The van der Waals surface area contributed by atoms with Crippen LogP contribution in [0, 0.1) is 13.8 Å². The Bertz CT molecular complexity index is 1320. The molecule has 1 aromatic heterocycles. The van der Waals surface area contributed by atoms with Crippen LogP contribution in [0.3, 0.4) is 0 Å². The first-order valence-electron chi connectivity index (χ1n) is 10.7. The lowest BCUT2D eigenvalue weighted by Gasteiger charge is -2.23. The van der Waals surface area contributed by atoms with Gasteiger partial charge in [0.1, 0.15) is 0 Å². The summed E-state index contributed by atoms with van der Waals surface area (Å²) in [7, 11) is -3.91. The zero-order chi connectivity index (χ0) is 24.5. The van der Waals surface area contributed by atoms with E-state index in [0.717, 1.165) is 5.56 Å². The third-order valence-electron chi connectivity index (χ3n) is 5.60. The number of hydrogen-bond acceptors (Lipinski definition) is 6. The molecule has 0 saturated carbocycles. The van der Waals surface area contributed by atoms with E-state index in [1.54, 1.807) is 39.0 Å². The normalized spacial score (nSPS) is 12.9. The molecule has 3 aromatic rings. The molecule has 0 atom stereocenters. The van der Waals surface area contributed by atoms with Crippen LogP contribution in [0.1, 0.15) is 39.8 Å². The minimum absolute atomic E-state index is 0.0193. The first kappa shape index (κ1) is 24.1. The van der Waals surface area contributed by atoms with E-state index < -0.39 is 16.0 Å². The van der Waals surface area contributed by atoms with Crippen LogP contribution in [-0.4, -0.2) is 37.1 Å². The fourth-order valence-corrected chi connectivity index (χ4v) is 5.41. The van der Waals surface area contributed by atoms with Gasteiger partial charge in [0.25, 0.3) is 0 Å². The Morgan fingerprint density at radius 3 is 2.50 bits per heavy atom. The lowest BCUT2D eigenvalue weighted by Crippen LogP contribution is -2.30. The van der Waals surface area contributed by atoms with Gasteiger partial charge in [0, 0.05) is 23.0 Å². The number of aromatic nitrogens is 1. The van der Waals surface area contributed by atoms with Gasteiger partial charge in [0.15, 0.2) is 11.5 Å². The van der Waals surface area contributed by atoms with E-state index in [1.807, 2.05) is 0 Å². The SMILES string of the molecule is CCOC(=O)c1c(C)[nH]c(CN(Cc2ccc3c(c2)OCO3)S(=O)(=O)c2ccc(Cl)cc2)c1C. The van der Waals surface area contributed by atoms with Crippen molar-refractivity contribution in [1.29, 1.82) is 0 Å². The summed E-state index contributed by atoms with van der Waals surface area (Å²) in [6.45, 7) is 5.75. The molecule has 0 spiro atoms. The number of hydrogen-bond donors (Lipinski definition) is 1. The Morgan fingerprint density at radius 1 is 1.09 bits per heavy atom. The van der Waals surface area contributed by atoms with Crippen molar-refractivity contribution in [3.63, 3.8) is 0 Å². The topological polar surface area (TPSA) is 97.9 Å². The summed E-state index contributed by atoms with van der Waals surface area (Å²) >= 11 is 5.97. The van der Waals surface area contributed by atoms with E-state index in [-0.39, 0.29) is 31.4 Å². The molecule has 0 fully saturated rings. The highest BCUT2D eigenvalue weighted by atomic mass is 35.5. The molecular formula is C24H25ClN2O6S. The Labute approximate surface area is 203 Å². The zero-order valence-electron chi connectivity index (χ0n) is 19.1. The average molecular weight is 505 g/mol. The molecule has 0 bridgehead atoms. The fraction of sp³-hybridized carbons (Fsp3) is 0.292. The lowest BCUT2D eigenvalue weighted by molar-refractivity contribution is 0.0525. The quantitative estimate of drug-likeness (QED) is 0.451. The van der Waals surface area contributed by atoms with Gasteiger partial charge in [-0.25, -0.2) is 13.2 Å². The number of ether oxygens (including phenoxy) is 3. The van der Waals surface area contributed by atoms with Crippen LogP contribution in [0.15, 0.2) is 47.4 Å². The third kappa shape index (κ3) is 4.77. The summed E-state index contributed by atoms with van der Waals surface area (Å²) in [6.07, 6.45) is 0. The molecular weight excluding hydrogens is 480 g/mol. The molecule has 2 aromatic carbocycles. The Morgan fingerprint density at radius 2 is 1.79 bits per heavy atom. The molecule has 0 saturated heterocycles. The van der Waals surface area contributed by atoms with E-state index in [4.69, 9.17) is 25.8 Å². The summed E-state index contributed by atoms with van der Waals surface area (Å²) in [6, 6.07) is 11.3. The highest BCUT2D eigenvalue weighted by molar-refractivity contribution is 7.89. The van der Waals surface area contributed by atoms with E-state index in [2.05, 4.69) is 4.98 Å². The van der Waals surface area contributed by atoms with E-state index in [9.17, 15) is 13.2 Å². The van der Waals surface area contributed by atoms with Gasteiger partial charge in [-0.3, -0.25) is 0 Å². The molecule has 1 N–H and O–H groups in total. The molecule has 1 aliphatic heterocycles. The summed E-state index contributed by atoms with van der Waals surface area (Å²) in [4.78, 5) is 15.7. The van der Waals surface area contributed by atoms with Crippen molar-refractivity contribution >= 4 is 27.6 Å². The third-order valence-corrected chi connectivity index (χ3v) is 7.66. The number of nitrogens with zero attached hydrogens (tertiary/aromatic N) is 1. The monoisotopic (exact) mass is 504 g/mol. The molecule has 1 aliphatic rings. The van der Waals surface area contributed by atoms with Crippen LogP contribution in [0.5, 0.6) is 11.5 Å². The van der Waals surface area contributed by atoms with Gasteiger partial charge in [0.2, 0.25) is 16.8 Å². The second-order valence-electron chi connectivity index (χ2n) is 7.86. The molecule has 0 amide bonds. The van der Waals surface area contributed by atoms with E-state index in [0.29, 0.717) is 39.0 Å². The van der Waals surface area contributed by atoms with Crippen molar-refractivity contribution in [1.82, 2.24) is 9.29 Å². The van der Waals surface area contributed by atoms with Crippen LogP contribution in [0.25, 0.3) is 0 Å². The van der Waals surface area contributed by atoms with Crippen molar-refractivity contribution in [2.75, 3.05) is 13.4 Å². The van der Waals surface area contributed by atoms with Gasteiger partial charge in [-0.15, -0.1) is 0 Å². The van der Waals surface area contributed by atoms with Crippen LogP contribution >= 0.6 is 11.6 Å². The Kier molecular flexibility index (Phi) is 6.88. The van der Waals surface area contributed by atoms with Crippen LogP contribution in [0.2, 0.25) is 5.02 Å². The van der Waals surface area contributed by atoms with Crippen LogP contribution in [0.4, 0.5) is 0 Å². The average Bonchev–Trinajstić information content (AvgIpc) is 3.37. The first-order valence-corrected chi connectivity index (χ1v) is 12.5. The number of fused-ring (bicyclic) bond motifs is 1. The lowest BCUT2D eigenvalue weighted by atomic mass is 10.1. The number of halogens is 1. The largest absolute Gasteiger partial charge is 0.462 e. The number of H-pyrrole nitrogens is 1. The number of esters is 1. The maximum atomic E-state index is 13.6. The number of carbonyl (C=O) groups excluding carboxylic acids is 1. The molecule has 0 radical (unpaired) electrons. The molecule has 34 heavy (non-hydrogen) atoms. The summed E-state index contributed by atoms with van der Waals surface area (Å²) in [5.74, 6) is 0.742. The van der Waals surface area contributed by atoms with Gasteiger partial charge in [-0.2, -0.15) is 4.31 Å². The molecule has 0 unspecified atom stereocenters. The number of aromatic amines is 1. The van der Waals surface area contributed by atoms with E-state index >= 15 is 0 Å². The number of sulfonamides is 1. The second-order valence-corrected chi connectivity index (χ2v) is 10.2. The number of aryl methyl sites for hydroxylation is 1. The van der Waals surface area contributed by atoms with Gasteiger partial charge in [0.05, 0.1) is 23.6 Å². The van der Waals surface area contributed by atoms with E-state index in [1.165, 1.54) is 28.6 Å². The first-order chi connectivity index (χ1) is 16.2. The molecule has 2 heterocycles. The molecule has 8 nitrogen and oxygen atoms in total. The summed E-state index contributed by atoms with van der Waals surface area (Å²) in [5.41, 5.74) is 3.03. The Hall–Kier alpha value is -3.01. The maximum Gasteiger partial charge on any atom is 0.340 e. The van der Waals surface area contributed by atoms with Crippen LogP contribution < -0.4 is 9.47 Å². The van der Waals surface area contributed by atoms with Gasteiger partial charge < -0.3 is 19.2 Å². The molecule has 180 valence electrons. The number of nitrogens with one attached hydrogen (secondary N) is 1. The smallest absolute Gasteiger partial charge is 0.340 e. The highest BCUT2D eigenvalue weighted by Gasteiger charge is 2.28. The Balaban J connectivity index is 1.72. The summed E-state index contributed by atoms with van der Waals surface area (Å²) in [5, 5.41) is 0.441. The highest BCUT2D eigenvalue weighted by Crippen LogP contribution is 2.34. The number of rotatable bonds is 8. The van der Waals surface area contributed by atoms with Crippen molar-refractivity contribution < 1.29 is 27.4 Å². The maximum absolute atomic E-state index is 13.6. The van der Waals surface area contributed by atoms with Gasteiger partial charge >= 0.3 is 5.97 Å². The van der Waals surface area contributed by atoms with Crippen molar-refractivity contribution in [2.45, 2.75) is 38.8 Å². The van der Waals surface area contributed by atoms with Crippen LogP contribution in [-0.2, 0) is 27.8 Å².